The van der Waals surface area contributed by atoms with Gasteiger partial charge < -0.3 is 14.2 Å². The van der Waals surface area contributed by atoms with E-state index in [-0.39, 0.29) is 25.2 Å². The van der Waals surface area contributed by atoms with Crippen LogP contribution in [0.1, 0.15) is 213 Å². The third-order valence-electron chi connectivity index (χ3n) is 9.88. The van der Waals surface area contributed by atoms with Gasteiger partial charge >= 0.3 is 11.9 Å². The van der Waals surface area contributed by atoms with Gasteiger partial charge in [-0.15, -0.1) is 0 Å². The Morgan fingerprint density at radius 1 is 0.397 bits per heavy atom. The van der Waals surface area contributed by atoms with E-state index in [2.05, 4.69) is 106 Å². The number of ether oxygens (including phenoxy) is 3. The van der Waals surface area contributed by atoms with Gasteiger partial charge in [-0.05, 0) is 103 Å². The van der Waals surface area contributed by atoms with Crippen molar-refractivity contribution in [3.05, 3.63) is 85.1 Å². The number of carbonyl (C=O) groups is 2. The van der Waals surface area contributed by atoms with Gasteiger partial charge in [0, 0.05) is 19.4 Å². The number of hydrogen-bond donors (Lipinski definition) is 0. The average Bonchev–Trinajstić information content (AvgIpc) is 3.22. The molecular weight excluding hydrogens is 717 g/mol. The normalized spacial score (nSPS) is 12.9. The van der Waals surface area contributed by atoms with Gasteiger partial charge in [0.25, 0.3) is 0 Å². The summed E-state index contributed by atoms with van der Waals surface area (Å²) in [4.78, 5) is 25.3. The van der Waals surface area contributed by atoms with Crippen LogP contribution in [0.5, 0.6) is 0 Å². The largest absolute Gasteiger partial charge is 0.462 e. The second-order valence-electron chi connectivity index (χ2n) is 15.6. The van der Waals surface area contributed by atoms with E-state index in [0.717, 1.165) is 89.9 Å². The third kappa shape index (κ3) is 45.8. The molecule has 0 amide bonds. The Morgan fingerprint density at radius 3 is 1.31 bits per heavy atom. The number of rotatable bonds is 43. The first-order valence-corrected chi connectivity index (χ1v) is 24.1. The Balaban J connectivity index is 4.34. The van der Waals surface area contributed by atoms with Crippen LogP contribution in [0.3, 0.4) is 0 Å². The van der Waals surface area contributed by atoms with E-state index >= 15 is 0 Å². The van der Waals surface area contributed by atoms with Gasteiger partial charge in [0.05, 0.1) is 6.61 Å². The average molecular weight is 807 g/mol. The molecule has 0 aliphatic carbocycles. The van der Waals surface area contributed by atoms with E-state index in [1.807, 2.05) is 0 Å². The molecule has 5 nitrogen and oxygen atoms in total. The zero-order valence-corrected chi connectivity index (χ0v) is 38.0. The standard InChI is InChI=1S/C53H90O5/c1-4-7-10-13-16-19-22-24-26-27-28-29-32-34-37-40-43-46-52(54)57-50-51(58-53(55)47-44-41-38-35-31-21-18-15-12-9-6-3)49-56-48-45-42-39-36-33-30-25-23-20-17-14-11-8-5-2/h8,11,15-20,24-26,30,36,39,51H,4-7,9-10,12-14,21-23,27-29,31-35,37-38,40-50H2,1-3H3/b11-8-,18-15-,19-16-,20-17-,26-24-,30-25-,39-36-. The number of esters is 2. The summed E-state index contributed by atoms with van der Waals surface area (Å²) in [6.07, 6.45) is 63.1. The monoisotopic (exact) mass is 807 g/mol. The van der Waals surface area contributed by atoms with E-state index in [1.54, 1.807) is 0 Å². The highest BCUT2D eigenvalue weighted by molar-refractivity contribution is 5.70. The third-order valence-corrected chi connectivity index (χ3v) is 9.88. The lowest BCUT2D eigenvalue weighted by Gasteiger charge is -2.18. The van der Waals surface area contributed by atoms with Crippen molar-refractivity contribution in [3.8, 4) is 0 Å². The van der Waals surface area contributed by atoms with Crippen molar-refractivity contribution in [3.63, 3.8) is 0 Å². The van der Waals surface area contributed by atoms with Crippen LogP contribution in [0.2, 0.25) is 0 Å². The Kier molecular flexibility index (Phi) is 46.0. The number of hydrogen-bond acceptors (Lipinski definition) is 5. The highest BCUT2D eigenvalue weighted by Crippen LogP contribution is 2.13. The minimum Gasteiger partial charge on any atom is -0.462 e. The molecule has 0 aliphatic heterocycles. The van der Waals surface area contributed by atoms with Crippen molar-refractivity contribution in [2.45, 2.75) is 219 Å². The summed E-state index contributed by atoms with van der Waals surface area (Å²) in [5.41, 5.74) is 0. The molecule has 0 saturated carbocycles. The minimum atomic E-state index is -0.574. The lowest BCUT2D eigenvalue weighted by atomic mass is 10.1. The fraction of sp³-hybridized carbons (Fsp3) is 0.698. The van der Waals surface area contributed by atoms with Crippen LogP contribution in [-0.4, -0.2) is 37.9 Å². The first kappa shape index (κ1) is 55.1. The Labute approximate surface area is 359 Å². The van der Waals surface area contributed by atoms with Crippen molar-refractivity contribution in [1.82, 2.24) is 0 Å². The predicted molar refractivity (Wildman–Crippen MR) is 251 cm³/mol. The molecule has 1 unspecified atom stereocenters. The number of allylic oxidation sites excluding steroid dienone is 14. The molecule has 5 heteroatoms. The highest BCUT2D eigenvalue weighted by atomic mass is 16.6. The first-order chi connectivity index (χ1) is 28.6. The topological polar surface area (TPSA) is 61.8 Å². The van der Waals surface area contributed by atoms with Gasteiger partial charge in [0.15, 0.2) is 6.10 Å². The van der Waals surface area contributed by atoms with Gasteiger partial charge in [0.1, 0.15) is 6.61 Å². The van der Waals surface area contributed by atoms with E-state index in [4.69, 9.17) is 14.2 Å². The van der Waals surface area contributed by atoms with Crippen molar-refractivity contribution in [1.29, 1.82) is 0 Å². The van der Waals surface area contributed by atoms with Crippen LogP contribution in [0.4, 0.5) is 0 Å². The van der Waals surface area contributed by atoms with Gasteiger partial charge in [-0.2, -0.15) is 0 Å². The quantitative estimate of drug-likeness (QED) is 0.0349. The molecule has 0 radical (unpaired) electrons. The smallest absolute Gasteiger partial charge is 0.306 e. The summed E-state index contributed by atoms with van der Waals surface area (Å²) in [6.45, 7) is 7.49. The molecule has 0 N–H and O–H groups in total. The molecule has 0 saturated heterocycles. The first-order valence-electron chi connectivity index (χ1n) is 24.1. The molecule has 0 aromatic carbocycles. The van der Waals surface area contributed by atoms with Crippen LogP contribution in [0, 0.1) is 0 Å². The lowest BCUT2D eigenvalue weighted by Crippen LogP contribution is -2.30. The predicted octanol–water partition coefficient (Wildman–Crippen LogP) is 16.1. The maximum Gasteiger partial charge on any atom is 0.306 e. The van der Waals surface area contributed by atoms with Gasteiger partial charge in [0.2, 0.25) is 0 Å². The zero-order valence-electron chi connectivity index (χ0n) is 38.0. The van der Waals surface area contributed by atoms with Crippen LogP contribution in [0.25, 0.3) is 0 Å². The number of carbonyl (C=O) groups excluding carboxylic acids is 2. The molecule has 0 spiro atoms. The molecule has 0 bridgehead atoms. The second-order valence-corrected chi connectivity index (χ2v) is 15.6. The number of unbranched alkanes of at least 4 members (excludes halogenated alkanes) is 18. The molecule has 0 rings (SSSR count). The van der Waals surface area contributed by atoms with Crippen molar-refractivity contribution in [2.75, 3.05) is 19.8 Å². The summed E-state index contributed by atoms with van der Waals surface area (Å²) < 4.78 is 17.3. The Morgan fingerprint density at radius 2 is 0.793 bits per heavy atom. The second kappa shape index (κ2) is 48.4. The van der Waals surface area contributed by atoms with Crippen LogP contribution < -0.4 is 0 Å². The molecule has 0 aliphatic rings. The van der Waals surface area contributed by atoms with Crippen LogP contribution >= 0.6 is 0 Å². The maximum absolute atomic E-state index is 12.7. The highest BCUT2D eigenvalue weighted by Gasteiger charge is 2.17. The molecule has 58 heavy (non-hydrogen) atoms. The summed E-state index contributed by atoms with van der Waals surface area (Å²) in [5.74, 6) is -0.451. The van der Waals surface area contributed by atoms with Crippen LogP contribution in [0.15, 0.2) is 85.1 Å². The Bertz CT molecular complexity index is 1090. The minimum absolute atomic E-state index is 0.0525. The van der Waals surface area contributed by atoms with Crippen molar-refractivity contribution >= 4 is 11.9 Å². The van der Waals surface area contributed by atoms with E-state index in [1.165, 1.54) is 89.9 Å². The molecule has 1 atom stereocenters. The molecule has 0 aromatic heterocycles. The van der Waals surface area contributed by atoms with Crippen molar-refractivity contribution < 1.29 is 23.8 Å². The molecule has 0 heterocycles. The van der Waals surface area contributed by atoms with Crippen LogP contribution in [-0.2, 0) is 23.8 Å². The van der Waals surface area contributed by atoms with E-state index in [9.17, 15) is 9.59 Å². The maximum atomic E-state index is 12.7. The fourth-order valence-electron chi connectivity index (χ4n) is 6.29. The molecule has 0 aromatic rings. The lowest BCUT2D eigenvalue weighted by molar-refractivity contribution is -0.163. The summed E-state index contributed by atoms with van der Waals surface area (Å²) in [7, 11) is 0. The Hall–Kier alpha value is -2.92. The van der Waals surface area contributed by atoms with E-state index in [0.29, 0.717) is 19.4 Å². The van der Waals surface area contributed by atoms with Gasteiger partial charge in [-0.1, -0.05) is 183 Å². The zero-order chi connectivity index (χ0) is 42.1. The fourth-order valence-corrected chi connectivity index (χ4v) is 6.29. The SMILES string of the molecule is CC/C=C\C/C=C\C/C=C\C/C=C\CCCOCC(COC(=O)CCCCCCCCC/C=C\C/C=C\CCCCC)OC(=O)CCCCCCC/C=C\CCCC. The molecule has 0 fully saturated rings. The van der Waals surface area contributed by atoms with Crippen molar-refractivity contribution in [2.24, 2.45) is 0 Å². The molecular formula is C53H90O5. The summed E-state index contributed by atoms with van der Waals surface area (Å²) in [5, 5.41) is 0. The summed E-state index contributed by atoms with van der Waals surface area (Å²) >= 11 is 0. The summed E-state index contributed by atoms with van der Waals surface area (Å²) in [6, 6.07) is 0. The van der Waals surface area contributed by atoms with E-state index < -0.39 is 6.10 Å². The van der Waals surface area contributed by atoms with Gasteiger partial charge in [-0.3, -0.25) is 9.59 Å². The molecule has 332 valence electrons. The van der Waals surface area contributed by atoms with Gasteiger partial charge in [-0.25, -0.2) is 0 Å².